The lowest BCUT2D eigenvalue weighted by Crippen LogP contribution is -2.16. The van der Waals surface area contributed by atoms with Crippen molar-refractivity contribution in [3.63, 3.8) is 0 Å². The molecular formula is C10H12BrNO3. The molecule has 0 aromatic heterocycles. The van der Waals surface area contributed by atoms with Crippen molar-refractivity contribution in [2.75, 3.05) is 7.11 Å². The van der Waals surface area contributed by atoms with Gasteiger partial charge in [0, 0.05) is 16.1 Å². The zero-order valence-corrected chi connectivity index (χ0v) is 9.82. The first-order valence-electron chi connectivity index (χ1n) is 4.36. The van der Waals surface area contributed by atoms with Crippen LogP contribution in [0.1, 0.15) is 18.0 Å². The molecule has 1 aromatic carbocycles. The van der Waals surface area contributed by atoms with Gasteiger partial charge in [-0.05, 0) is 12.1 Å². The Bertz CT molecular complexity index is 368. The molecule has 0 spiro atoms. The monoisotopic (exact) mass is 273 g/mol. The van der Waals surface area contributed by atoms with E-state index in [1.54, 1.807) is 18.2 Å². The van der Waals surface area contributed by atoms with Gasteiger partial charge in [-0.15, -0.1) is 0 Å². The molecule has 1 rings (SSSR count). The fraction of sp³-hybridized carbons (Fsp3) is 0.300. The molecular weight excluding hydrogens is 262 g/mol. The molecule has 1 unspecified atom stereocenters. The number of rotatable bonds is 4. The molecule has 0 aliphatic rings. The summed E-state index contributed by atoms with van der Waals surface area (Å²) in [4.78, 5) is 10.6. The maximum Gasteiger partial charge on any atom is 0.305 e. The lowest BCUT2D eigenvalue weighted by atomic mass is 10.0. The first-order chi connectivity index (χ1) is 7.06. The van der Waals surface area contributed by atoms with E-state index in [9.17, 15) is 4.79 Å². The SMILES string of the molecule is COc1cccc(Br)c1C(N)CC(=O)O. The highest BCUT2D eigenvalue weighted by Gasteiger charge is 2.17. The maximum atomic E-state index is 10.6. The average molecular weight is 274 g/mol. The van der Waals surface area contributed by atoms with Gasteiger partial charge in [-0.2, -0.15) is 0 Å². The van der Waals surface area contributed by atoms with Gasteiger partial charge in [0.15, 0.2) is 0 Å². The van der Waals surface area contributed by atoms with E-state index >= 15 is 0 Å². The van der Waals surface area contributed by atoms with Crippen LogP contribution in [-0.4, -0.2) is 18.2 Å². The Morgan fingerprint density at radius 3 is 2.87 bits per heavy atom. The van der Waals surface area contributed by atoms with Gasteiger partial charge in [-0.3, -0.25) is 4.79 Å². The number of hydrogen-bond acceptors (Lipinski definition) is 3. The summed E-state index contributed by atoms with van der Waals surface area (Å²) in [5.74, 6) is -0.335. The summed E-state index contributed by atoms with van der Waals surface area (Å²) in [6.45, 7) is 0. The summed E-state index contributed by atoms with van der Waals surface area (Å²) in [7, 11) is 1.53. The highest BCUT2D eigenvalue weighted by atomic mass is 79.9. The normalized spacial score (nSPS) is 12.2. The van der Waals surface area contributed by atoms with Crippen molar-refractivity contribution in [2.45, 2.75) is 12.5 Å². The van der Waals surface area contributed by atoms with Crippen molar-refractivity contribution in [3.8, 4) is 5.75 Å². The third-order valence-corrected chi connectivity index (χ3v) is 2.69. The van der Waals surface area contributed by atoms with E-state index in [2.05, 4.69) is 15.9 Å². The number of halogens is 1. The molecule has 0 saturated heterocycles. The van der Waals surface area contributed by atoms with Gasteiger partial charge >= 0.3 is 5.97 Å². The fourth-order valence-electron chi connectivity index (χ4n) is 1.35. The van der Waals surface area contributed by atoms with Crippen molar-refractivity contribution in [1.29, 1.82) is 0 Å². The van der Waals surface area contributed by atoms with Gasteiger partial charge in [0.25, 0.3) is 0 Å². The third-order valence-electron chi connectivity index (χ3n) is 2.00. The molecule has 1 aromatic rings. The van der Waals surface area contributed by atoms with Crippen LogP contribution in [0.4, 0.5) is 0 Å². The second kappa shape index (κ2) is 5.14. The molecule has 0 bridgehead atoms. The Morgan fingerprint density at radius 1 is 1.67 bits per heavy atom. The maximum absolute atomic E-state index is 10.6. The minimum absolute atomic E-state index is 0.126. The number of benzene rings is 1. The number of carboxylic acids is 1. The number of ether oxygens (including phenoxy) is 1. The number of methoxy groups -OCH3 is 1. The van der Waals surface area contributed by atoms with Crippen molar-refractivity contribution in [1.82, 2.24) is 0 Å². The zero-order chi connectivity index (χ0) is 11.4. The predicted molar refractivity (Wildman–Crippen MR) is 59.9 cm³/mol. The van der Waals surface area contributed by atoms with Gasteiger partial charge in [0.1, 0.15) is 5.75 Å². The summed E-state index contributed by atoms with van der Waals surface area (Å²) in [6.07, 6.45) is -0.126. The van der Waals surface area contributed by atoms with Crippen LogP contribution in [0.15, 0.2) is 22.7 Å². The molecule has 0 aliphatic carbocycles. The average Bonchev–Trinajstić information content (AvgIpc) is 2.15. The smallest absolute Gasteiger partial charge is 0.305 e. The molecule has 5 heteroatoms. The Labute approximate surface area is 96.2 Å². The first kappa shape index (κ1) is 12.0. The van der Waals surface area contributed by atoms with Crippen LogP contribution < -0.4 is 10.5 Å². The Morgan fingerprint density at radius 2 is 2.33 bits per heavy atom. The third kappa shape index (κ3) is 2.94. The summed E-state index contributed by atoms with van der Waals surface area (Å²) in [6, 6.07) is 4.79. The number of carbonyl (C=O) groups is 1. The predicted octanol–water partition coefficient (Wildman–Crippen LogP) is 1.93. The largest absolute Gasteiger partial charge is 0.496 e. The second-order valence-electron chi connectivity index (χ2n) is 3.06. The van der Waals surface area contributed by atoms with Crippen molar-refractivity contribution < 1.29 is 14.6 Å². The Hall–Kier alpha value is -1.07. The molecule has 0 radical (unpaired) electrons. The van der Waals surface area contributed by atoms with Crippen LogP contribution in [0.5, 0.6) is 5.75 Å². The van der Waals surface area contributed by atoms with E-state index in [1.807, 2.05) is 0 Å². The van der Waals surface area contributed by atoms with Crippen LogP contribution in [0.3, 0.4) is 0 Å². The van der Waals surface area contributed by atoms with Crippen LogP contribution in [0.25, 0.3) is 0 Å². The highest BCUT2D eigenvalue weighted by Crippen LogP contribution is 2.32. The van der Waals surface area contributed by atoms with E-state index in [4.69, 9.17) is 15.6 Å². The molecule has 82 valence electrons. The lowest BCUT2D eigenvalue weighted by molar-refractivity contribution is -0.137. The van der Waals surface area contributed by atoms with E-state index in [1.165, 1.54) is 7.11 Å². The van der Waals surface area contributed by atoms with E-state index in [-0.39, 0.29) is 6.42 Å². The molecule has 0 amide bonds. The molecule has 0 saturated carbocycles. The minimum Gasteiger partial charge on any atom is -0.496 e. The van der Waals surface area contributed by atoms with E-state index < -0.39 is 12.0 Å². The summed E-state index contributed by atoms with van der Waals surface area (Å²) in [5.41, 5.74) is 6.47. The Kier molecular flexibility index (Phi) is 4.11. The van der Waals surface area contributed by atoms with Gasteiger partial charge in [-0.1, -0.05) is 22.0 Å². The van der Waals surface area contributed by atoms with Crippen LogP contribution >= 0.6 is 15.9 Å². The van der Waals surface area contributed by atoms with E-state index in [0.717, 1.165) is 4.47 Å². The quantitative estimate of drug-likeness (QED) is 0.880. The van der Waals surface area contributed by atoms with Gasteiger partial charge in [0.2, 0.25) is 0 Å². The molecule has 1 atom stereocenters. The zero-order valence-electron chi connectivity index (χ0n) is 8.24. The molecule has 0 fully saturated rings. The number of carboxylic acid groups (broad SMARTS) is 1. The molecule has 3 N–H and O–H groups in total. The van der Waals surface area contributed by atoms with Gasteiger partial charge in [-0.25, -0.2) is 0 Å². The first-order valence-corrected chi connectivity index (χ1v) is 5.15. The van der Waals surface area contributed by atoms with E-state index in [0.29, 0.717) is 11.3 Å². The molecule has 4 nitrogen and oxygen atoms in total. The standard InChI is InChI=1S/C10H12BrNO3/c1-15-8-4-2-3-6(11)10(8)7(12)5-9(13)14/h2-4,7H,5,12H2,1H3,(H,13,14). The fourth-order valence-corrected chi connectivity index (χ4v) is 1.99. The minimum atomic E-state index is -0.930. The number of hydrogen-bond donors (Lipinski definition) is 2. The Balaban J connectivity index is 3.05. The van der Waals surface area contributed by atoms with Gasteiger partial charge < -0.3 is 15.6 Å². The highest BCUT2D eigenvalue weighted by molar-refractivity contribution is 9.10. The lowest BCUT2D eigenvalue weighted by Gasteiger charge is -2.15. The van der Waals surface area contributed by atoms with Crippen LogP contribution in [0, 0.1) is 0 Å². The van der Waals surface area contributed by atoms with Crippen LogP contribution in [0.2, 0.25) is 0 Å². The topological polar surface area (TPSA) is 72.5 Å². The summed E-state index contributed by atoms with van der Waals surface area (Å²) >= 11 is 3.33. The van der Waals surface area contributed by atoms with Crippen LogP contribution in [-0.2, 0) is 4.79 Å². The van der Waals surface area contributed by atoms with Crippen molar-refractivity contribution >= 4 is 21.9 Å². The molecule has 0 aliphatic heterocycles. The number of aliphatic carboxylic acids is 1. The molecule has 15 heavy (non-hydrogen) atoms. The summed E-state index contributed by atoms with van der Waals surface area (Å²) < 4.78 is 5.89. The molecule has 0 heterocycles. The van der Waals surface area contributed by atoms with Crippen molar-refractivity contribution in [3.05, 3.63) is 28.2 Å². The van der Waals surface area contributed by atoms with Crippen molar-refractivity contribution in [2.24, 2.45) is 5.73 Å². The number of nitrogens with two attached hydrogens (primary N) is 1. The van der Waals surface area contributed by atoms with Gasteiger partial charge in [0.05, 0.1) is 13.5 Å². The summed E-state index contributed by atoms with van der Waals surface area (Å²) in [5, 5.41) is 8.66. The second-order valence-corrected chi connectivity index (χ2v) is 3.91.